The zero-order valence-corrected chi connectivity index (χ0v) is 22.9. The van der Waals surface area contributed by atoms with Gasteiger partial charge in [-0.3, -0.25) is 4.57 Å². The van der Waals surface area contributed by atoms with E-state index < -0.39 is 7.60 Å². The minimum Gasteiger partial charge on any atom is -1.00 e. The third-order valence-electron chi connectivity index (χ3n) is 6.29. The van der Waals surface area contributed by atoms with Gasteiger partial charge in [-0.15, -0.1) is 0 Å². The van der Waals surface area contributed by atoms with Gasteiger partial charge in [-0.2, -0.15) is 0 Å². The zero-order valence-electron chi connectivity index (χ0n) is 20.4. The highest BCUT2D eigenvalue weighted by Crippen LogP contribution is 2.35. The van der Waals surface area contributed by atoms with Crippen LogP contribution in [0, 0.1) is 0 Å². The molecule has 0 aliphatic heterocycles. The number of quaternary nitrogens is 1. The molecule has 0 fully saturated rings. The Bertz CT molecular complexity index is 382. The highest BCUT2D eigenvalue weighted by atomic mass is 79.9. The summed E-state index contributed by atoms with van der Waals surface area (Å²) in [6.45, 7) is 12.5. The molecule has 184 valence electrons. The Morgan fingerprint density at radius 1 is 0.533 bits per heavy atom. The number of halogens is 1. The van der Waals surface area contributed by atoms with E-state index in [1.165, 1.54) is 114 Å². The van der Waals surface area contributed by atoms with Crippen molar-refractivity contribution >= 4 is 7.60 Å². The summed E-state index contributed by atoms with van der Waals surface area (Å²) in [5, 5.41) is 0. The molecule has 0 unspecified atom stereocenters. The molecule has 0 amide bonds. The molecular formula is C24H53BrNO3P. The summed E-state index contributed by atoms with van der Waals surface area (Å²) in [4.78, 5) is 17.7. The first-order valence-electron chi connectivity index (χ1n) is 12.8. The van der Waals surface area contributed by atoms with Gasteiger partial charge in [0.15, 0.2) is 0 Å². The van der Waals surface area contributed by atoms with Crippen LogP contribution in [0.25, 0.3) is 0 Å². The van der Waals surface area contributed by atoms with Crippen LogP contribution in [-0.2, 0) is 4.57 Å². The van der Waals surface area contributed by atoms with Crippen molar-refractivity contribution in [3.63, 3.8) is 0 Å². The Balaban J connectivity index is 0. The maximum absolute atomic E-state index is 10.8. The van der Waals surface area contributed by atoms with Crippen LogP contribution in [0.2, 0.25) is 0 Å². The van der Waals surface area contributed by atoms with Gasteiger partial charge in [0.25, 0.3) is 0 Å². The fourth-order valence-corrected chi connectivity index (χ4v) is 4.97. The fourth-order valence-electron chi connectivity index (χ4n) is 4.33. The van der Waals surface area contributed by atoms with Crippen molar-refractivity contribution in [3.05, 3.63) is 0 Å². The highest BCUT2D eigenvalue weighted by Gasteiger charge is 2.25. The second-order valence-corrected chi connectivity index (χ2v) is 11.0. The zero-order chi connectivity index (χ0) is 21.8. The molecule has 2 N–H and O–H groups in total. The minimum absolute atomic E-state index is 0. The second kappa shape index (κ2) is 21.4. The Kier molecular flexibility index (Phi) is 23.4. The van der Waals surface area contributed by atoms with Crippen LogP contribution in [0.3, 0.4) is 0 Å². The van der Waals surface area contributed by atoms with Crippen LogP contribution in [-0.4, -0.2) is 46.6 Å². The lowest BCUT2D eigenvalue weighted by molar-refractivity contribution is -0.929. The second-order valence-electron chi connectivity index (χ2n) is 9.22. The molecule has 0 radical (unpaired) electrons. The molecule has 4 nitrogen and oxygen atoms in total. The van der Waals surface area contributed by atoms with Crippen molar-refractivity contribution in [2.24, 2.45) is 0 Å². The lowest BCUT2D eigenvalue weighted by Gasteiger charge is -2.39. The van der Waals surface area contributed by atoms with Gasteiger partial charge < -0.3 is 31.3 Å². The van der Waals surface area contributed by atoms with E-state index in [0.29, 0.717) is 6.42 Å². The van der Waals surface area contributed by atoms with Gasteiger partial charge in [-0.1, -0.05) is 85.0 Å². The van der Waals surface area contributed by atoms with Gasteiger partial charge in [0, 0.05) is 6.16 Å². The van der Waals surface area contributed by atoms with Crippen molar-refractivity contribution in [1.29, 1.82) is 0 Å². The average molecular weight is 515 g/mol. The Labute approximate surface area is 199 Å². The maximum Gasteiger partial charge on any atom is 0.325 e. The molecule has 0 saturated heterocycles. The van der Waals surface area contributed by atoms with E-state index in [1.54, 1.807) is 0 Å². The van der Waals surface area contributed by atoms with Crippen molar-refractivity contribution in [3.8, 4) is 0 Å². The van der Waals surface area contributed by atoms with Gasteiger partial charge in [-0.25, -0.2) is 0 Å². The molecule has 0 heterocycles. The number of hydrogen-bond donors (Lipinski definition) is 2. The molecule has 0 aromatic carbocycles. The summed E-state index contributed by atoms with van der Waals surface area (Å²) in [6, 6.07) is 0. The van der Waals surface area contributed by atoms with Gasteiger partial charge in [-0.05, 0) is 38.5 Å². The molecule has 30 heavy (non-hydrogen) atoms. The standard InChI is InChI=1S/C24H52NO3P.BrH/c1-4-7-20-25(21-8-5-2,22-9-6-3)23-18-16-14-12-10-11-13-15-17-19-24-29(26,27)28;/h4-24H2,1-3H3,(H-,26,27,28);1H. The van der Waals surface area contributed by atoms with Crippen molar-refractivity contribution < 1.29 is 35.8 Å². The minimum atomic E-state index is -3.78. The number of nitrogens with zero attached hydrogens (tertiary/aromatic N) is 1. The fraction of sp³-hybridized carbons (Fsp3) is 1.00. The van der Waals surface area contributed by atoms with Crippen LogP contribution in [0.15, 0.2) is 0 Å². The van der Waals surface area contributed by atoms with E-state index >= 15 is 0 Å². The summed E-state index contributed by atoms with van der Waals surface area (Å²) in [7, 11) is -3.78. The molecular weight excluding hydrogens is 461 g/mol. The van der Waals surface area contributed by atoms with Gasteiger partial charge in [0.2, 0.25) is 0 Å². The topological polar surface area (TPSA) is 57.5 Å². The van der Waals surface area contributed by atoms with Crippen molar-refractivity contribution in [2.75, 3.05) is 32.3 Å². The first-order valence-corrected chi connectivity index (χ1v) is 14.6. The number of hydrogen-bond acceptors (Lipinski definition) is 1. The molecule has 0 spiro atoms. The summed E-state index contributed by atoms with van der Waals surface area (Å²) in [5.41, 5.74) is 0. The van der Waals surface area contributed by atoms with E-state index in [1.807, 2.05) is 0 Å². The summed E-state index contributed by atoms with van der Waals surface area (Å²) >= 11 is 0. The molecule has 0 bridgehead atoms. The quantitative estimate of drug-likeness (QED) is 0.129. The third-order valence-corrected chi connectivity index (χ3v) is 7.19. The molecule has 0 rings (SSSR count). The smallest absolute Gasteiger partial charge is 0.325 e. The normalized spacial score (nSPS) is 12.2. The van der Waals surface area contributed by atoms with Gasteiger partial charge in [0.1, 0.15) is 0 Å². The lowest BCUT2D eigenvalue weighted by Crippen LogP contribution is -3.00. The van der Waals surface area contributed by atoms with E-state index in [-0.39, 0.29) is 23.1 Å². The van der Waals surface area contributed by atoms with Crippen LogP contribution in [0.1, 0.15) is 124 Å². The van der Waals surface area contributed by atoms with E-state index in [2.05, 4.69) is 20.8 Å². The van der Waals surface area contributed by atoms with Gasteiger partial charge >= 0.3 is 7.60 Å². The summed E-state index contributed by atoms with van der Waals surface area (Å²) in [6.07, 6.45) is 20.2. The Morgan fingerprint density at radius 3 is 1.17 bits per heavy atom. The predicted molar refractivity (Wildman–Crippen MR) is 128 cm³/mol. The molecule has 0 atom stereocenters. The molecule has 0 aromatic heterocycles. The molecule has 0 aliphatic carbocycles. The van der Waals surface area contributed by atoms with E-state index in [4.69, 9.17) is 9.79 Å². The molecule has 0 aliphatic rings. The first-order chi connectivity index (χ1) is 13.9. The average Bonchev–Trinajstić information content (AvgIpc) is 2.68. The first kappa shape index (κ1) is 32.8. The van der Waals surface area contributed by atoms with E-state index in [0.717, 1.165) is 12.8 Å². The summed E-state index contributed by atoms with van der Waals surface area (Å²) < 4.78 is 12.2. The maximum atomic E-state index is 10.8. The SMILES string of the molecule is CCCC[N+](CCCC)(CCCC)CCCCCCCCCCCCP(=O)(O)O.[Br-]. The predicted octanol–water partition coefficient (Wildman–Crippen LogP) is 4.29. The summed E-state index contributed by atoms with van der Waals surface area (Å²) in [5.74, 6) is 0. The van der Waals surface area contributed by atoms with Crippen LogP contribution in [0.5, 0.6) is 0 Å². The molecule has 6 heteroatoms. The molecule has 0 aromatic rings. The Hall–Kier alpha value is 0.590. The van der Waals surface area contributed by atoms with E-state index in [9.17, 15) is 4.57 Å². The monoisotopic (exact) mass is 513 g/mol. The Morgan fingerprint density at radius 2 is 0.833 bits per heavy atom. The third kappa shape index (κ3) is 20.5. The van der Waals surface area contributed by atoms with Crippen LogP contribution < -0.4 is 17.0 Å². The lowest BCUT2D eigenvalue weighted by atomic mass is 10.1. The largest absolute Gasteiger partial charge is 1.00 e. The number of rotatable bonds is 22. The highest BCUT2D eigenvalue weighted by molar-refractivity contribution is 7.51. The van der Waals surface area contributed by atoms with Crippen LogP contribution >= 0.6 is 7.60 Å². The number of unbranched alkanes of at least 4 members (excludes halogenated alkanes) is 12. The van der Waals surface area contributed by atoms with Crippen LogP contribution in [0.4, 0.5) is 0 Å². The van der Waals surface area contributed by atoms with Gasteiger partial charge in [0.05, 0.1) is 26.2 Å². The van der Waals surface area contributed by atoms with Crippen molar-refractivity contribution in [2.45, 2.75) is 124 Å². The van der Waals surface area contributed by atoms with Crippen molar-refractivity contribution in [1.82, 2.24) is 0 Å². The molecule has 0 saturated carbocycles.